The maximum atomic E-state index is 2.62. The van der Waals surface area contributed by atoms with Gasteiger partial charge in [-0.3, -0.25) is 4.90 Å². The summed E-state index contributed by atoms with van der Waals surface area (Å²) in [7, 11) is 0. The van der Waals surface area contributed by atoms with Gasteiger partial charge < -0.3 is 0 Å². The van der Waals surface area contributed by atoms with Crippen LogP contribution < -0.4 is 0 Å². The second kappa shape index (κ2) is 7.96. The van der Waals surface area contributed by atoms with Crippen LogP contribution in [0.1, 0.15) is 37.8 Å². The molecular weight excluding hydrogens is 250 g/mol. The van der Waals surface area contributed by atoms with E-state index in [0.29, 0.717) is 0 Å². The van der Waals surface area contributed by atoms with E-state index >= 15 is 0 Å². The Morgan fingerprint density at radius 2 is 1.89 bits per heavy atom. The summed E-state index contributed by atoms with van der Waals surface area (Å²) in [5.74, 6) is 3.53. The van der Waals surface area contributed by atoms with Crippen molar-refractivity contribution in [3.05, 3.63) is 35.4 Å². The molecule has 0 spiro atoms. The van der Waals surface area contributed by atoms with Crippen LogP contribution >= 0.6 is 11.8 Å². The van der Waals surface area contributed by atoms with Crippen LogP contribution in [-0.2, 0) is 13.0 Å². The fourth-order valence-corrected chi connectivity index (χ4v) is 3.68. The lowest BCUT2D eigenvalue weighted by Crippen LogP contribution is -2.20. The van der Waals surface area contributed by atoms with Gasteiger partial charge in [0, 0.05) is 13.1 Å². The zero-order valence-corrected chi connectivity index (χ0v) is 13.2. The lowest BCUT2D eigenvalue weighted by atomic mass is 10.1. The summed E-state index contributed by atoms with van der Waals surface area (Å²) in [6.07, 6.45) is 3.84. The maximum absolute atomic E-state index is 2.62. The average molecular weight is 277 g/mol. The first-order valence-electron chi connectivity index (χ1n) is 7.69. The molecule has 1 atom stereocenters. The molecule has 2 heteroatoms. The fraction of sp³-hybridized carbons (Fsp3) is 0.647. The van der Waals surface area contributed by atoms with Gasteiger partial charge in [-0.05, 0) is 47.9 Å². The third-order valence-corrected chi connectivity index (χ3v) is 5.01. The molecule has 0 aromatic heterocycles. The van der Waals surface area contributed by atoms with Crippen molar-refractivity contribution in [2.45, 2.75) is 39.7 Å². The normalized spacial score (nSPS) is 20.0. The zero-order chi connectivity index (χ0) is 13.5. The summed E-state index contributed by atoms with van der Waals surface area (Å²) < 4.78 is 0. The van der Waals surface area contributed by atoms with E-state index in [-0.39, 0.29) is 0 Å². The Balaban J connectivity index is 1.78. The molecule has 1 unspecified atom stereocenters. The topological polar surface area (TPSA) is 3.24 Å². The first kappa shape index (κ1) is 14.9. The first-order valence-corrected chi connectivity index (χ1v) is 8.85. The Morgan fingerprint density at radius 1 is 1.16 bits per heavy atom. The van der Waals surface area contributed by atoms with Gasteiger partial charge in [0.1, 0.15) is 0 Å². The molecule has 1 aromatic rings. The molecule has 106 valence electrons. The predicted molar refractivity (Wildman–Crippen MR) is 86.8 cm³/mol. The number of rotatable bonds is 7. The fourth-order valence-electron chi connectivity index (χ4n) is 2.84. The number of benzene rings is 1. The highest BCUT2D eigenvalue weighted by atomic mass is 32.2. The van der Waals surface area contributed by atoms with Crippen molar-refractivity contribution in [3.8, 4) is 0 Å². The van der Waals surface area contributed by atoms with Gasteiger partial charge >= 0.3 is 0 Å². The van der Waals surface area contributed by atoms with Gasteiger partial charge in [-0.15, -0.1) is 0 Å². The molecule has 1 nitrogen and oxygen atoms in total. The molecular formula is C17H27NS. The van der Waals surface area contributed by atoms with Gasteiger partial charge in [-0.2, -0.15) is 11.8 Å². The van der Waals surface area contributed by atoms with Gasteiger partial charge in [-0.1, -0.05) is 44.5 Å². The molecule has 0 amide bonds. The largest absolute Gasteiger partial charge is 0.299 e. The second-order valence-electron chi connectivity index (χ2n) is 5.62. The van der Waals surface area contributed by atoms with Gasteiger partial charge in [-0.25, -0.2) is 0 Å². The number of nitrogens with zero attached hydrogens (tertiary/aromatic N) is 1. The number of aryl methyl sites for hydroxylation is 1. The predicted octanol–water partition coefficient (Wildman–Crippen LogP) is 4.21. The van der Waals surface area contributed by atoms with Gasteiger partial charge in [0.25, 0.3) is 0 Å². The number of likely N-dealkylation sites (tertiary alicyclic amines) is 1. The SMILES string of the molecule is CCCc1ccc(CN2CCC(CSCC)C2)cc1. The summed E-state index contributed by atoms with van der Waals surface area (Å²) in [5, 5.41) is 0. The van der Waals surface area contributed by atoms with Gasteiger partial charge in [0.2, 0.25) is 0 Å². The van der Waals surface area contributed by atoms with E-state index in [2.05, 4.69) is 54.8 Å². The molecule has 1 aromatic carbocycles. The van der Waals surface area contributed by atoms with Crippen molar-refractivity contribution in [2.24, 2.45) is 5.92 Å². The van der Waals surface area contributed by atoms with Crippen molar-refractivity contribution in [2.75, 3.05) is 24.6 Å². The van der Waals surface area contributed by atoms with E-state index < -0.39 is 0 Å². The van der Waals surface area contributed by atoms with Gasteiger partial charge in [0.05, 0.1) is 0 Å². The molecule has 0 N–H and O–H groups in total. The molecule has 2 rings (SSSR count). The third kappa shape index (κ3) is 4.85. The zero-order valence-electron chi connectivity index (χ0n) is 12.4. The van der Waals surface area contributed by atoms with Crippen molar-refractivity contribution >= 4 is 11.8 Å². The molecule has 1 aliphatic rings. The minimum atomic E-state index is 0.921. The lowest BCUT2D eigenvalue weighted by Gasteiger charge is -2.16. The van der Waals surface area contributed by atoms with Crippen LogP contribution in [0.5, 0.6) is 0 Å². The summed E-state index contributed by atoms with van der Waals surface area (Å²) in [4.78, 5) is 2.62. The van der Waals surface area contributed by atoms with Gasteiger partial charge in [0.15, 0.2) is 0 Å². The molecule has 19 heavy (non-hydrogen) atoms. The van der Waals surface area contributed by atoms with Crippen molar-refractivity contribution in [3.63, 3.8) is 0 Å². The van der Waals surface area contributed by atoms with Crippen molar-refractivity contribution in [1.29, 1.82) is 0 Å². The Bertz CT molecular complexity index is 360. The molecule has 0 saturated carbocycles. The Hall–Kier alpha value is -0.470. The summed E-state index contributed by atoms with van der Waals surface area (Å²) in [6.45, 7) is 8.22. The standard InChI is InChI=1S/C17H27NS/c1-3-5-15-6-8-16(9-7-15)12-18-11-10-17(13-18)14-19-4-2/h6-9,17H,3-5,10-14H2,1-2H3. The van der Waals surface area contributed by atoms with Crippen molar-refractivity contribution in [1.82, 2.24) is 4.90 Å². The van der Waals surface area contributed by atoms with Crippen LogP contribution in [0.25, 0.3) is 0 Å². The van der Waals surface area contributed by atoms with Crippen LogP contribution in [0.4, 0.5) is 0 Å². The first-order chi connectivity index (χ1) is 9.31. The quantitative estimate of drug-likeness (QED) is 0.734. The number of thioether (sulfide) groups is 1. The minimum absolute atomic E-state index is 0.921. The molecule has 1 fully saturated rings. The highest BCUT2D eigenvalue weighted by Gasteiger charge is 2.21. The smallest absolute Gasteiger partial charge is 0.0233 e. The molecule has 1 aliphatic heterocycles. The molecule has 1 heterocycles. The Kier molecular flexibility index (Phi) is 6.25. The molecule has 0 aliphatic carbocycles. The van der Waals surface area contributed by atoms with E-state index in [1.54, 1.807) is 0 Å². The maximum Gasteiger partial charge on any atom is 0.0233 e. The van der Waals surface area contributed by atoms with Crippen LogP contribution in [-0.4, -0.2) is 29.5 Å². The second-order valence-corrected chi connectivity index (χ2v) is 6.93. The number of hydrogen-bond donors (Lipinski definition) is 0. The monoisotopic (exact) mass is 277 g/mol. The van der Waals surface area contributed by atoms with Crippen LogP contribution in [0.3, 0.4) is 0 Å². The molecule has 0 radical (unpaired) electrons. The van der Waals surface area contributed by atoms with E-state index in [1.165, 1.54) is 55.0 Å². The molecule has 0 bridgehead atoms. The average Bonchev–Trinajstić information content (AvgIpc) is 2.87. The Labute approximate surface area is 122 Å². The van der Waals surface area contributed by atoms with E-state index in [4.69, 9.17) is 0 Å². The summed E-state index contributed by atoms with van der Waals surface area (Å²) in [5.41, 5.74) is 2.95. The minimum Gasteiger partial charge on any atom is -0.299 e. The van der Waals surface area contributed by atoms with E-state index in [9.17, 15) is 0 Å². The van der Waals surface area contributed by atoms with Crippen LogP contribution in [0, 0.1) is 5.92 Å². The highest BCUT2D eigenvalue weighted by molar-refractivity contribution is 7.99. The Morgan fingerprint density at radius 3 is 2.58 bits per heavy atom. The molecule has 1 saturated heterocycles. The lowest BCUT2D eigenvalue weighted by molar-refractivity contribution is 0.321. The van der Waals surface area contributed by atoms with E-state index in [1.807, 2.05) is 0 Å². The van der Waals surface area contributed by atoms with Crippen LogP contribution in [0.15, 0.2) is 24.3 Å². The highest BCUT2D eigenvalue weighted by Crippen LogP contribution is 2.22. The third-order valence-electron chi connectivity index (χ3n) is 3.90. The van der Waals surface area contributed by atoms with Crippen LogP contribution in [0.2, 0.25) is 0 Å². The number of hydrogen-bond acceptors (Lipinski definition) is 2. The summed E-state index contributed by atoms with van der Waals surface area (Å²) >= 11 is 2.09. The summed E-state index contributed by atoms with van der Waals surface area (Å²) in [6, 6.07) is 9.25. The van der Waals surface area contributed by atoms with Crippen molar-refractivity contribution < 1.29 is 0 Å². The van der Waals surface area contributed by atoms with E-state index in [0.717, 1.165) is 12.5 Å².